The third kappa shape index (κ3) is 3.36. The van der Waals surface area contributed by atoms with Gasteiger partial charge in [0.2, 0.25) is 0 Å². The van der Waals surface area contributed by atoms with Gasteiger partial charge in [0.1, 0.15) is 0 Å². The lowest BCUT2D eigenvalue weighted by atomic mass is 9.85. The molecule has 3 nitrogen and oxygen atoms in total. The normalized spacial score (nSPS) is 25.1. The number of hydrogen-bond donors (Lipinski definition) is 3. The summed E-state index contributed by atoms with van der Waals surface area (Å²) in [7, 11) is 0. The molecule has 6 N–H and O–H groups in total. The predicted molar refractivity (Wildman–Crippen MR) is 113 cm³/mol. The van der Waals surface area contributed by atoms with Crippen LogP contribution in [0.25, 0.3) is 10.8 Å². The molecule has 0 spiro atoms. The molecule has 4 heteroatoms. The van der Waals surface area contributed by atoms with Gasteiger partial charge in [-0.05, 0) is 34.9 Å². The predicted octanol–water partition coefficient (Wildman–Crippen LogP) is 3.99. The summed E-state index contributed by atoms with van der Waals surface area (Å²) in [5.74, 6) is 0. The highest BCUT2D eigenvalue weighted by atomic mass is 32.2. The number of thioether (sulfide) groups is 1. The van der Waals surface area contributed by atoms with E-state index < -0.39 is 5.66 Å². The number of anilines is 1. The van der Waals surface area contributed by atoms with E-state index in [-0.39, 0.29) is 4.75 Å². The lowest BCUT2D eigenvalue weighted by Crippen LogP contribution is -2.50. The van der Waals surface area contributed by atoms with Crippen molar-refractivity contribution in [1.29, 1.82) is 0 Å². The van der Waals surface area contributed by atoms with Gasteiger partial charge in [-0.15, -0.1) is 11.8 Å². The van der Waals surface area contributed by atoms with Crippen LogP contribution >= 0.6 is 11.8 Å². The van der Waals surface area contributed by atoms with E-state index in [0.717, 1.165) is 12.1 Å². The highest BCUT2D eigenvalue weighted by Gasteiger charge is 2.58. The smallest absolute Gasteiger partial charge is 0.0840 e. The molecule has 3 aromatic rings. The summed E-state index contributed by atoms with van der Waals surface area (Å²) >= 11 is 1.96. The van der Waals surface area contributed by atoms with Crippen molar-refractivity contribution in [1.82, 2.24) is 0 Å². The molecule has 132 valence electrons. The largest absolute Gasteiger partial charge is 0.399 e. The van der Waals surface area contributed by atoms with Crippen LogP contribution in [-0.4, -0.2) is 10.9 Å². The second kappa shape index (κ2) is 6.47. The van der Waals surface area contributed by atoms with Crippen molar-refractivity contribution in [2.45, 2.75) is 22.1 Å². The first-order valence-corrected chi connectivity index (χ1v) is 9.62. The number of nitrogens with two attached hydrogens (primary N) is 3. The molecule has 1 aliphatic carbocycles. The fourth-order valence-corrected chi connectivity index (χ4v) is 4.96. The molecule has 2 unspecified atom stereocenters. The quantitative estimate of drug-likeness (QED) is 0.265. The van der Waals surface area contributed by atoms with Gasteiger partial charge in [0.15, 0.2) is 0 Å². The molecule has 0 bridgehead atoms. The van der Waals surface area contributed by atoms with E-state index in [1.54, 1.807) is 0 Å². The number of benzene rings is 3. The van der Waals surface area contributed by atoms with Crippen LogP contribution in [0.1, 0.15) is 12.0 Å². The van der Waals surface area contributed by atoms with Crippen molar-refractivity contribution < 1.29 is 0 Å². The maximum Gasteiger partial charge on any atom is 0.0840 e. The van der Waals surface area contributed by atoms with E-state index in [0.29, 0.717) is 5.25 Å². The maximum atomic E-state index is 5.91. The Hall–Kier alpha value is -2.27. The molecule has 0 saturated carbocycles. The Kier molecular flexibility index (Phi) is 4.27. The van der Waals surface area contributed by atoms with E-state index >= 15 is 0 Å². The molecular weight excluding hydrogens is 338 g/mol. The summed E-state index contributed by atoms with van der Waals surface area (Å²) < 4.78 is 0.170. The van der Waals surface area contributed by atoms with Crippen molar-refractivity contribution in [3.8, 4) is 0 Å². The van der Waals surface area contributed by atoms with Crippen LogP contribution in [0.15, 0.2) is 84.9 Å². The SMILES string of the molecule is NC1(N)C=CC2(c3ccccc3)SC2C1.Nc1ccc2ccccc2c1. The highest BCUT2D eigenvalue weighted by Crippen LogP contribution is 2.65. The fraction of sp³-hybridized carbons (Fsp3) is 0.182. The number of hydrogen-bond acceptors (Lipinski definition) is 4. The zero-order valence-corrected chi connectivity index (χ0v) is 15.3. The molecule has 1 saturated heterocycles. The average Bonchev–Trinajstić information content (AvgIpc) is 3.36. The molecule has 2 aliphatic rings. The summed E-state index contributed by atoms with van der Waals surface area (Å²) in [6, 6.07) is 24.7. The van der Waals surface area contributed by atoms with Crippen LogP contribution in [0.5, 0.6) is 0 Å². The van der Waals surface area contributed by atoms with Crippen molar-refractivity contribution in [3.05, 3.63) is 90.5 Å². The number of rotatable bonds is 1. The van der Waals surface area contributed by atoms with Gasteiger partial charge < -0.3 is 17.2 Å². The van der Waals surface area contributed by atoms with Crippen molar-refractivity contribution in [2.24, 2.45) is 11.5 Å². The van der Waals surface area contributed by atoms with Gasteiger partial charge in [-0.2, -0.15) is 0 Å². The van der Waals surface area contributed by atoms with Crippen LogP contribution in [0, 0.1) is 0 Å². The van der Waals surface area contributed by atoms with Gasteiger partial charge in [-0.3, -0.25) is 0 Å². The monoisotopic (exact) mass is 361 g/mol. The third-order valence-electron chi connectivity index (χ3n) is 4.94. The highest BCUT2D eigenvalue weighted by molar-refractivity contribution is 8.08. The Balaban J connectivity index is 0.000000136. The molecule has 1 fully saturated rings. The van der Waals surface area contributed by atoms with Crippen molar-refractivity contribution in [2.75, 3.05) is 5.73 Å². The fourth-order valence-electron chi connectivity index (χ4n) is 3.47. The topological polar surface area (TPSA) is 78.1 Å². The van der Waals surface area contributed by atoms with E-state index in [1.807, 2.05) is 54.2 Å². The second-order valence-corrected chi connectivity index (χ2v) is 8.50. The van der Waals surface area contributed by atoms with Gasteiger partial charge in [-0.1, -0.05) is 72.8 Å². The van der Waals surface area contributed by atoms with Crippen LogP contribution in [-0.2, 0) is 4.75 Å². The molecule has 0 radical (unpaired) electrons. The van der Waals surface area contributed by atoms with E-state index in [1.165, 1.54) is 16.3 Å². The van der Waals surface area contributed by atoms with Crippen molar-refractivity contribution >= 4 is 28.2 Å². The molecule has 0 amide bonds. The Morgan fingerprint density at radius 2 is 1.50 bits per heavy atom. The van der Waals surface area contributed by atoms with Gasteiger partial charge in [0.25, 0.3) is 0 Å². The zero-order valence-electron chi connectivity index (χ0n) is 14.5. The van der Waals surface area contributed by atoms with E-state index in [2.05, 4.69) is 42.5 Å². The summed E-state index contributed by atoms with van der Waals surface area (Å²) in [6.45, 7) is 0. The maximum absolute atomic E-state index is 5.91. The van der Waals surface area contributed by atoms with Gasteiger partial charge in [-0.25, -0.2) is 0 Å². The van der Waals surface area contributed by atoms with Crippen molar-refractivity contribution in [3.63, 3.8) is 0 Å². The summed E-state index contributed by atoms with van der Waals surface area (Å²) in [5, 5.41) is 2.99. The first-order valence-electron chi connectivity index (χ1n) is 8.74. The molecule has 1 aliphatic heterocycles. The van der Waals surface area contributed by atoms with E-state index in [9.17, 15) is 0 Å². The average molecular weight is 362 g/mol. The lowest BCUT2D eigenvalue weighted by Gasteiger charge is -2.26. The van der Waals surface area contributed by atoms with Gasteiger partial charge in [0, 0.05) is 10.9 Å². The van der Waals surface area contributed by atoms with Crippen LogP contribution in [0.3, 0.4) is 0 Å². The first-order chi connectivity index (χ1) is 12.5. The van der Waals surface area contributed by atoms with Crippen LogP contribution in [0.4, 0.5) is 5.69 Å². The first kappa shape index (κ1) is 17.2. The third-order valence-corrected chi connectivity index (χ3v) is 6.55. The molecule has 5 rings (SSSR count). The Morgan fingerprint density at radius 3 is 2.23 bits per heavy atom. The minimum Gasteiger partial charge on any atom is -0.399 e. The van der Waals surface area contributed by atoms with Gasteiger partial charge >= 0.3 is 0 Å². The molecule has 0 aromatic heterocycles. The number of fused-ring (bicyclic) bond motifs is 2. The standard InChI is InChI=1S/C12H14N2S.C10H9N/c13-11(14)6-7-12(10(8-11)15-12)9-4-2-1-3-5-9;11-10-6-5-8-3-1-2-4-9(8)7-10/h1-7,10H,8,13-14H2;1-7H,11H2. The Bertz CT molecular complexity index is 952. The molecule has 2 atom stereocenters. The minimum atomic E-state index is -0.605. The Morgan fingerprint density at radius 1 is 0.808 bits per heavy atom. The molecular formula is C22H23N3S. The summed E-state index contributed by atoms with van der Waals surface area (Å²) in [6.07, 6.45) is 5.00. The Labute approximate surface area is 158 Å². The summed E-state index contributed by atoms with van der Waals surface area (Å²) in [5.41, 5.74) is 19.0. The second-order valence-electron chi connectivity index (χ2n) is 7.02. The number of nitrogen functional groups attached to an aromatic ring is 1. The molecule has 1 heterocycles. The lowest BCUT2D eigenvalue weighted by molar-refractivity contribution is 0.474. The van der Waals surface area contributed by atoms with Crippen LogP contribution < -0.4 is 17.2 Å². The van der Waals surface area contributed by atoms with Crippen LogP contribution in [0.2, 0.25) is 0 Å². The minimum absolute atomic E-state index is 0.170. The van der Waals surface area contributed by atoms with Gasteiger partial charge in [0.05, 0.1) is 10.4 Å². The summed E-state index contributed by atoms with van der Waals surface area (Å²) in [4.78, 5) is 0. The molecule has 26 heavy (non-hydrogen) atoms. The molecule has 3 aromatic carbocycles. The zero-order chi connectivity index (χ0) is 18.2. The van der Waals surface area contributed by atoms with E-state index in [4.69, 9.17) is 17.2 Å².